The zero-order valence-electron chi connectivity index (χ0n) is 14.3. The molecule has 0 saturated heterocycles. The van der Waals surface area contributed by atoms with Crippen molar-refractivity contribution in [3.8, 4) is 0 Å². The third-order valence-electron chi connectivity index (χ3n) is 3.44. The molecule has 0 amide bonds. The van der Waals surface area contributed by atoms with E-state index in [-0.39, 0.29) is 16.5 Å². The number of nitrogens with one attached hydrogen (secondary N) is 2. The van der Waals surface area contributed by atoms with Gasteiger partial charge in [-0.15, -0.1) is 0 Å². The Morgan fingerprint density at radius 3 is 2.67 bits per heavy atom. The molecular formula is C16H26N2O5S. The van der Waals surface area contributed by atoms with Crippen LogP contribution >= 0.6 is 0 Å². The quantitative estimate of drug-likeness (QED) is 0.524. The van der Waals surface area contributed by atoms with Crippen molar-refractivity contribution >= 4 is 21.7 Å². The molecule has 1 aromatic carbocycles. The van der Waals surface area contributed by atoms with E-state index in [1.807, 2.05) is 6.92 Å². The second-order valence-corrected chi connectivity index (χ2v) is 7.28. The minimum atomic E-state index is -3.82. The molecular weight excluding hydrogens is 332 g/mol. The van der Waals surface area contributed by atoms with E-state index in [0.29, 0.717) is 31.7 Å². The van der Waals surface area contributed by atoms with Crippen molar-refractivity contribution in [2.24, 2.45) is 0 Å². The predicted molar refractivity (Wildman–Crippen MR) is 93.1 cm³/mol. The van der Waals surface area contributed by atoms with E-state index < -0.39 is 16.0 Å². The number of anilines is 1. The van der Waals surface area contributed by atoms with Crippen molar-refractivity contribution in [2.45, 2.75) is 44.0 Å². The number of carboxylic acid groups (broad SMARTS) is 1. The van der Waals surface area contributed by atoms with Gasteiger partial charge >= 0.3 is 5.97 Å². The Bertz CT molecular complexity index is 646. The Kier molecular flexibility index (Phi) is 8.17. The molecule has 0 aliphatic rings. The summed E-state index contributed by atoms with van der Waals surface area (Å²) < 4.78 is 32.8. The number of hydrogen-bond acceptors (Lipinski definition) is 5. The summed E-state index contributed by atoms with van der Waals surface area (Å²) in [7, 11) is -2.22. The SMILES string of the molecule is CCC[C@H](C)NS(=O)(=O)c1cc(C(=O)O)ccc1NCCCOC. The van der Waals surface area contributed by atoms with Crippen molar-refractivity contribution in [1.29, 1.82) is 0 Å². The Balaban J connectivity index is 3.10. The summed E-state index contributed by atoms with van der Waals surface area (Å²) in [6.45, 7) is 4.83. The average molecular weight is 358 g/mol. The number of aromatic carboxylic acids is 1. The molecule has 0 fully saturated rings. The highest BCUT2D eigenvalue weighted by Crippen LogP contribution is 2.23. The molecule has 0 aromatic heterocycles. The van der Waals surface area contributed by atoms with E-state index in [0.717, 1.165) is 6.42 Å². The lowest BCUT2D eigenvalue weighted by Crippen LogP contribution is -2.33. The first-order valence-corrected chi connectivity index (χ1v) is 9.42. The predicted octanol–water partition coefficient (Wildman–Crippen LogP) is 2.30. The normalized spacial score (nSPS) is 12.8. The molecule has 24 heavy (non-hydrogen) atoms. The molecule has 0 bridgehead atoms. The zero-order chi connectivity index (χ0) is 18.2. The summed E-state index contributed by atoms with van der Waals surface area (Å²) >= 11 is 0. The second-order valence-electron chi connectivity index (χ2n) is 5.60. The number of sulfonamides is 1. The van der Waals surface area contributed by atoms with Gasteiger partial charge in [-0.1, -0.05) is 13.3 Å². The molecule has 1 rings (SSSR count). The van der Waals surface area contributed by atoms with Crippen molar-refractivity contribution < 1.29 is 23.1 Å². The molecule has 3 N–H and O–H groups in total. The van der Waals surface area contributed by atoms with E-state index in [4.69, 9.17) is 9.84 Å². The maximum absolute atomic E-state index is 12.6. The highest BCUT2D eigenvalue weighted by atomic mass is 32.2. The third-order valence-corrected chi connectivity index (χ3v) is 5.07. The van der Waals surface area contributed by atoms with Gasteiger partial charge in [0.2, 0.25) is 10.0 Å². The number of benzene rings is 1. The van der Waals surface area contributed by atoms with Crippen molar-refractivity contribution in [2.75, 3.05) is 25.6 Å². The Labute approximate surface area is 143 Å². The van der Waals surface area contributed by atoms with Gasteiger partial charge in [0.1, 0.15) is 4.90 Å². The van der Waals surface area contributed by atoms with Gasteiger partial charge in [0.15, 0.2) is 0 Å². The lowest BCUT2D eigenvalue weighted by atomic mass is 10.2. The van der Waals surface area contributed by atoms with Gasteiger partial charge in [-0.05, 0) is 38.0 Å². The monoisotopic (exact) mass is 358 g/mol. The van der Waals surface area contributed by atoms with E-state index in [2.05, 4.69) is 10.0 Å². The van der Waals surface area contributed by atoms with Gasteiger partial charge in [-0.25, -0.2) is 17.9 Å². The van der Waals surface area contributed by atoms with E-state index in [1.165, 1.54) is 18.2 Å². The topological polar surface area (TPSA) is 105 Å². The van der Waals surface area contributed by atoms with E-state index in [9.17, 15) is 13.2 Å². The molecule has 0 heterocycles. The fourth-order valence-corrected chi connectivity index (χ4v) is 3.77. The van der Waals surface area contributed by atoms with Gasteiger partial charge in [-0.3, -0.25) is 0 Å². The smallest absolute Gasteiger partial charge is 0.335 e. The van der Waals surface area contributed by atoms with Crippen LogP contribution in [0.15, 0.2) is 23.1 Å². The summed E-state index contributed by atoms with van der Waals surface area (Å²) in [5.41, 5.74) is 0.313. The second kappa shape index (κ2) is 9.61. The highest BCUT2D eigenvalue weighted by molar-refractivity contribution is 7.89. The van der Waals surface area contributed by atoms with E-state index >= 15 is 0 Å². The fourth-order valence-electron chi connectivity index (χ4n) is 2.28. The first kappa shape index (κ1) is 20.4. The van der Waals surface area contributed by atoms with Crippen LogP contribution < -0.4 is 10.0 Å². The number of ether oxygens (including phenoxy) is 1. The molecule has 0 unspecified atom stereocenters. The summed E-state index contributed by atoms with van der Waals surface area (Å²) in [5.74, 6) is -1.17. The molecule has 1 atom stereocenters. The highest BCUT2D eigenvalue weighted by Gasteiger charge is 2.22. The molecule has 1 aromatic rings. The first-order valence-electron chi connectivity index (χ1n) is 7.94. The Morgan fingerprint density at radius 2 is 2.08 bits per heavy atom. The maximum atomic E-state index is 12.6. The molecule has 0 radical (unpaired) electrons. The van der Waals surface area contributed by atoms with Gasteiger partial charge in [0.05, 0.1) is 11.3 Å². The lowest BCUT2D eigenvalue weighted by Gasteiger charge is -2.17. The minimum absolute atomic E-state index is 0.0530. The summed E-state index contributed by atoms with van der Waals surface area (Å²) in [5, 5.41) is 12.2. The van der Waals surface area contributed by atoms with Crippen LogP contribution in [0.1, 0.15) is 43.5 Å². The molecule has 8 heteroatoms. The van der Waals surface area contributed by atoms with Crippen LogP contribution in [-0.2, 0) is 14.8 Å². The van der Waals surface area contributed by atoms with Gasteiger partial charge < -0.3 is 15.2 Å². The van der Waals surface area contributed by atoms with Crippen molar-refractivity contribution in [1.82, 2.24) is 4.72 Å². The number of rotatable bonds is 11. The molecule has 0 aliphatic heterocycles. The summed E-state index contributed by atoms with van der Waals surface area (Å²) in [4.78, 5) is 11.1. The van der Waals surface area contributed by atoms with E-state index in [1.54, 1.807) is 14.0 Å². The van der Waals surface area contributed by atoms with Crippen LogP contribution in [0.5, 0.6) is 0 Å². The maximum Gasteiger partial charge on any atom is 0.335 e. The lowest BCUT2D eigenvalue weighted by molar-refractivity contribution is 0.0696. The van der Waals surface area contributed by atoms with Crippen LogP contribution in [-0.4, -0.2) is 45.8 Å². The van der Waals surface area contributed by atoms with Gasteiger partial charge in [-0.2, -0.15) is 0 Å². The standard InChI is InChI=1S/C16H26N2O5S/c1-4-6-12(2)18-24(21,22)15-11-13(16(19)20)7-8-14(15)17-9-5-10-23-3/h7-8,11-12,17-18H,4-6,9-10H2,1-3H3,(H,19,20)/t12-/m0/s1. The number of carbonyl (C=O) groups is 1. The third kappa shape index (κ3) is 6.10. The number of methoxy groups -OCH3 is 1. The Hall–Kier alpha value is -1.64. The van der Waals surface area contributed by atoms with Crippen LogP contribution in [0.25, 0.3) is 0 Å². The number of carboxylic acids is 1. The van der Waals surface area contributed by atoms with Crippen LogP contribution in [0.4, 0.5) is 5.69 Å². The Morgan fingerprint density at radius 1 is 1.38 bits per heavy atom. The van der Waals surface area contributed by atoms with Crippen molar-refractivity contribution in [3.63, 3.8) is 0 Å². The van der Waals surface area contributed by atoms with Crippen LogP contribution in [0.2, 0.25) is 0 Å². The first-order chi connectivity index (χ1) is 11.3. The summed E-state index contributed by atoms with van der Waals surface area (Å²) in [6.07, 6.45) is 2.26. The number of hydrogen-bond donors (Lipinski definition) is 3. The van der Waals surface area contributed by atoms with Crippen molar-refractivity contribution in [3.05, 3.63) is 23.8 Å². The largest absolute Gasteiger partial charge is 0.478 e. The average Bonchev–Trinajstić information content (AvgIpc) is 2.51. The summed E-state index contributed by atoms with van der Waals surface area (Å²) in [6, 6.07) is 3.82. The minimum Gasteiger partial charge on any atom is -0.478 e. The molecule has 0 spiro atoms. The fraction of sp³-hybridized carbons (Fsp3) is 0.562. The molecule has 136 valence electrons. The molecule has 0 saturated carbocycles. The van der Waals surface area contributed by atoms with Crippen LogP contribution in [0.3, 0.4) is 0 Å². The van der Waals surface area contributed by atoms with Gasteiger partial charge in [0, 0.05) is 26.3 Å². The zero-order valence-corrected chi connectivity index (χ0v) is 15.1. The van der Waals surface area contributed by atoms with Gasteiger partial charge in [0.25, 0.3) is 0 Å². The van der Waals surface area contributed by atoms with Crippen LogP contribution in [0, 0.1) is 0 Å². The molecule has 7 nitrogen and oxygen atoms in total. The molecule has 0 aliphatic carbocycles.